The van der Waals surface area contributed by atoms with E-state index in [0.717, 1.165) is 30.3 Å². The van der Waals surface area contributed by atoms with E-state index in [2.05, 4.69) is 19.2 Å². The van der Waals surface area contributed by atoms with Crippen molar-refractivity contribution < 1.29 is 0 Å². The lowest BCUT2D eigenvalue weighted by molar-refractivity contribution is 0.314. The number of fused-ring (bicyclic) bond motifs is 1. The van der Waals surface area contributed by atoms with E-state index < -0.39 is 0 Å². The highest BCUT2D eigenvalue weighted by Gasteiger charge is 2.47. The van der Waals surface area contributed by atoms with Gasteiger partial charge in [-0.3, -0.25) is 0 Å². The maximum Gasteiger partial charge on any atom is 0.00954 e. The predicted octanol–water partition coefficient (Wildman–Crippen LogP) is 5.54. The number of nitrogens with one attached hydrogen (secondary N) is 1. The minimum absolute atomic E-state index is 0.841. The van der Waals surface area contributed by atoms with Crippen molar-refractivity contribution >= 4 is 0 Å². The van der Waals surface area contributed by atoms with Crippen molar-refractivity contribution in [2.45, 2.75) is 96.9 Å². The Balaban J connectivity index is 1.49. The van der Waals surface area contributed by atoms with Gasteiger partial charge in [0.15, 0.2) is 0 Å². The molecule has 118 valence electrons. The Bertz CT molecular complexity index is 240. The van der Waals surface area contributed by atoms with E-state index in [4.69, 9.17) is 0 Å². The minimum Gasteiger partial charge on any atom is -0.314 e. The molecule has 0 saturated heterocycles. The van der Waals surface area contributed by atoms with E-state index in [1.807, 2.05) is 0 Å². The fourth-order valence-corrected chi connectivity index (χ4v) is 4.35. The second-order valence-electron chi connectivity index (χ2n) is 7.42. The van der Waals surface area contributed by atoms with Gasteiger partial charge in [-0.15, -0.1) is 0 Å². The second-order valence-corrected chi connectivity index (χ2v) is 7.42. The second kappa shape index (κ2) is 9.07. The van der Waals surface area contributed by atoms with Crippen LogP contribution in [0.5, 0.6) is 0 Å². The van der Waals surface area contributed by atoms with E-state index in [0.29, 0.717) is 0 Å². The molecule has 0 aromatic heterocycles. The number of rotatable bonds is 12. The molecule has 0 aromatic rings. The summed E-state index contributed by atoms with van der Waals surface area (Å²) in [4.78, 5) is 0. The van der Waals surface area contributed by atoms with E-state index in [1.165, 1.54) is 57.8 Å². The first-order valence-electron chi connectivity index (χ1n) is 9.58. The van der Waals surface area contributed by atoms with Crippen molar-refractivity contribution in [1.82, 2.24) is 5.32 Å². The molecule has 3 atom stereocenters. The van der Waals surface area contributed by atoms with Crippen LogP contribution in [-0.4, -0.2) is 12.6 Å². The summed E-state index contributed by atoms with van der Waals surface area (Å²) in [5.41, 5.74) is 0. The summed E-state index contributed by atoms with van der Waals surface area (Å²) < 4.78 is 0. The molecule has 0 spiro atoms. The molecule has 0 aromatic carbocycles. The fourth-order valence-electron chi connectivity index (χ4n) is 4.35. The van der Waals surface area contributed by atoms with E-state index >= 15 is 0 Å². The lowest BCUT2D eigenvalue weighted by Crippen LogP contribution is -2.35. The molecule has 2 aliphatic carbocycles. The zero-order valence-electron chi connectivity index (χ0n) is 14.0. The first kappa shape index (κ1) is 16.3. The van der Waals surface area contributed by atoms with Gasteiger partial charge in [0.1, 0.15) is 0 Å². The van der Waals surface area contributed by atoms with Crippen LogP contribution in [0.2, 0.25) is 0 Å². The highest BCUT2D eigenvalue weighted by molar-refractivity contribution is 4.99. The summed E-state index contributed by atoms with van der Waals surface area (Å²) in [5.74, 6) is 3.29. The van der Waals surface area contributed by atoms with Crippen LogP contribution in [0.1, 0.15) is 90.9 Å². The van der Waals surface area contributed by atoms with Gasteiger partial charge in [0.2, 0.25) is 0 Å². The molecule has 20 heavy (non-hydrogen) atoms. The van der Waals surface area contributed by atoms with Crippen LogP contribution in [0.3, 0.4) is 0 Å². The summed E-state index contributed by atoms with van der Waals surface area (Å²) in [6.07, 6.45) is 17.7. The molecule has 1 heteroatoms. The Morgan fingerprint density at radius 1 is 0.800 bits per heavy atom. The molecule has 2 rings (SSSR count). The van der Waals surface area contributed by atoms with Crippen LogP contribution in [0, 0.1) is 17.8 Å². The van der Waals surface area contributed by atoms with Crippen LogP contribution in [0.25, 0.3) is 0 Å². The van der Waals surface area contributed by atoms with Gasteiger partial charge in [-0.25, -0.2) is 0 Å². The van der Waals surface area contributed by atoms with Crippen LogP contribution in [-0.2, 0) is 0 Å². The van der Waals surface area contributed by atoms with Gasteiger partial charge in [0.05, 0.1) is 0 Å². The van der Waals surface area contributed by atoms with E-state index in [9.17, 15) is 0 Å². The van der Waals surface area contributed by atoms with Crippen LogP contribution >= 0.6 is 0 Å². The summed E-state index contributed by atoms with van der Waals surface area (Å²) in [5, 5.41) is 3.78. The number of unbranched alkanes of at least 4 members (excludes halogenated alkanes) is 7. The Labute approximate surface area is 127 Å². The van der Waals surface area contributed by atoms with Gasteiger partial charge in [-0.05, 0) is 50.0 Å². The highest BCUT2D eigenvalue weighted by atomic mass is 14.9. The Hall–Kier alpha value is -0.0400. The molecule has 3 unspecified atom stereocenters. The smallest absolute Gasteiger partial charge is 0.00954 e. The molecule has 2 fully saturated rings. The standard InChI is InChI=1S/C19H37N/c1-3-5-6-7-8-9-10-11-12-19(20-4-2)18-14-16-13-17(16)15-18/h16-20H,3-15H2,1-2H3. The third-order valence-corrected chi connectivity index (χ3v) is 5.68. The quantitative estimate of drug-likeness (QED) is 0.462. The third-order valence-electron chi connectivity index (χ3n) is 5.68. The molecule has 0 heterocycles. The largest absolute Gasteiger partial charge is 0.314 e. The third kappa shape index (κ3) is 5.39. The molecule has 1 nitrogen and oxygen atoms in total. The molecule has 0 radical (unpaired) electrons. The SMILES string of the molecule is CCCCCCCCCCC(NCC)C1CC2CC2C1. The van der Waals surface area contributed by atoms with Crippen LogP contribution < -0.4 is 5.32 Å². The Morgan fingerprint density at radius 3 is 2.00 bits per heavy atom. The van der Waals surface area contributed by atoms with Gasteiger partial charge in [0.25, 0.3) is 0 Å². The maximum atomic E-state index is 3.78. The molecule has 2 saturated carbocycles. The maximum absolute atomic E-state index is 3.78. The average Bonchev–Trinajstić information content (AvgIpc) is 3.07. The molecule has 1 N–H and O–H groups in total. The zero-order valence-corrected chi connectivity index (χ0v) is 14.0. The molecular weight excluding hydrogens is 242 g/mol. The molecule has 0 bridgehead atoms. The van der Waals surface area contributed by atoms with Gasteiger partial charge in [-0.2, -0.15) is 0 Å². The monoisotopic (exact) mass is 279 g/mol. The summed E-state index contributed by atoms with van der Waals surface area (Å²) >= 11 is 0. The Kier molecular flexibility index (Phi) is 7.41. The van der Waals surface area contributed by atoms with Crippen molar-refractivity contribution in [2.24, 2.45) is 17.8 Å². The topological polar surface area (TPSA) is 12.0 Å². The molecule has 2 aliphatic rings. The van der Waals surface area contributed by atoms with Gasteiger partial charge >= 0.3 is 0 Å². The number of hydrogen-bond acceptors (Lipinski definition) is 1. The van der Waals surface area contributed by atoms with Crippen molar-refractivity contribution in [3.8, 4) is 0 Å². The predicted molar refractivity (Wildman–Crippen MR) is 89.0 cm³/mol. The van der Waals surface area contributed by atoms with Crippen LogP contribution in [0.15, 0.2) is 0 Å². The molecule has 0 aliphatic heterocycles. The highest BCUT2D eigenvalue weighted by Crippen LogP contribution is 2.55. The van der Waals surface area contributed by atoms with Crippen molar-refractivity contribution in [3.63, 3.8) is 0 Å². The van der Waals surface area contributed by atoms with E-state index in [-0.39, 0.29) is 0 Å². The van der Waals surface area contributed by atoms with E-state index in [1.54, 1.807) is 19.3 Å². The average molecular weight is 280 g/mol. The summed E-state index contributed by atoms with van der Waals surface area (Å²) in [6.45, 7) is 5.73. The lowest BCUT2D eigenvalue weighted by Gasteiger charge is -2.25. The fraction of sp³-hybridized carbons (Fsp3) is 1.00. The van der Waals surface area contributed by atoms with Crippen molar-refractivity contribution in [2.75, 3.05) is 6.54 Å². The first-order valence-corrected chi connectivity index (χ1v) is 9.58. The summed E-state index contributed by atoms with van der Waals surface area (Å²) in [7, 11) is 0. The Morgan fingerprint density at radius 2 is 1.40 bits per heavy atom. The minimum atomic E-state index is 0.841. The van der Waals surface area contributed by atoms with Gasteiger partial charge in [0, 0.05) is 6.04 Å². The van der Waals surface area contributed by atoms with Gasteiger partial charge < -0.3 is 5.32 Å². The van der Waals surface area contributed by atoms with Crippen molar-refractivity contribution in [3.05, 3.63) is 0 Å². The van der Waals surface area contributed by atoms with Gasteiger partial charge in [-0.1, -0.05) is 65.2 Å². The normalized spacial score (nSPS) is 29.4. The zero-order chi connectivity index (χ0) is 14.2. The number of hydrogen-bond donors (Lipinski definition) is 1. The molecular formula is C19H37N. The van der Waals surface area contributed by atoms with Crippen molar-refractivity contribution in [1.29, 1.82) is 0 Å². The molecule has 0 amide bonds. The first-order chi connectivity index (χ1) is 9.85. The lowest BCUT2D eigenvalue weighted by atomic mass is 9.90. The summed E-state index contributed by atoms with van der Waals surface area (Å²) in [6, 6.07) is 0.841. The van der Waals surface area contributed by atoms with Crippen LogP contribution in [0.4, 0.5) is 0 Å².